The molecule has 0 N–H and O–H groups in total. The Hall–Kier alpha value is -2.01. The molecule has 1 aromatic rings. The summed E-state index contributed by atoms with van der Waals surface area (Å²) in [5.74, 6) is -0.789. The Morgan fingerprint density at radius 2 is 1.82 bits per heavy atom. The zero-order chi connectivity index (χ0) is 23.9. The monoisotopic (exact) mass is 491 g/mol. The van der Waals surface area contributed by atoms with Crippen LogP contribution in [-0.2, 0) is 35.5 Å². The fourth-order valence-corrected chi connectivity index (χ4v) is 7.30. The molecule has 5 rings (SSSR count). The molecular formula is C24H33N3O6S. The van der Waals surface area contributed by atoms with Crippen LogP contribution in [0, 0.1) is 0 Å². The second kappa shape index (κ2) is 9.22. The average Bonchev–Trinajstić information content (AvgIpc) is 3.29. The smallest absolute Gasteiger partial charge is 0.243 e. The molecule has 2 amide bonds. The number of benzene rings is 1. The standard InChI is InChI=1S/C24H33N3O6S/c1-18-4-2-3-11-27(18)34(30,31)20-6-7-21-19(16-20)5-8-22(28)26(21)17-23(29)25-12-9-24(10-13-25)32-14-15-33-24/h6-7,16,18H,2-5,8-15,17H2,1H3/t18-/m1/s1. The van der Waals surface area contributed by atoms with Crippen LogP contribution in [0.5, 0.6) is 0 Å². The minimum absolute atomic E-state index is 0.0193. The first-order valence-corrected chi connectivity index (χ1v) is 13.7. The maximum absolute atomic E-state index is 13.3. The number of anilines is 1. The highest BCUT2D eigenvalue weighted by atomic mass is 32.2. The van der Waals surface area contributed by atoms with E-state index in [1.54, 1.807) is 27.4 Å². The maximum atomic E-state index is 13.3. The zero-order valence-electron chi connectivity index (χ0n) is 19.7. The van der Waals surface area contributed by atoms with Crippen molar-refractivity contribution in [2.24, 2.45) is 0 Å². The summed E-state index contributed by atoms with van der Waals surface area (Å²) in [6, 6.07) is 4.93. The van der Waals surface area contributed by atoms with Crippen LogP contribution in [0.3, 0.4) is 0 Å². The van der Waals surface area contributed by atoms with E-state index in [4.69, 9.17) is 9.47 Å². The normalized spacial score (nSPS) is 25.6. The Balaban J connectivity index is 1.31. The molecule has 1 aromatic carbocycles. The summed E-state index contributed by atoms with van der Waals surface area (Å²) in [6.07, 6.45) is 4.76. The van der Waals surface area contributed by atoms with Crippen molar-refractivity contribution in [3.8, 4) is 0 Å². The Bertz CT molecular complexity index is 1060. The third-order valence-electron chi connectivity index (χ3n) is 7.58. The van der Waals surface area contributed by atoms with E-state index in [1.807, 2.05) is 6.92 Å². The Labute approximate surface area is 201 Å². The van der Waals surface area contributed by atoms with Gasteiger partial charge in [-0.2, -0.15) is 4.31 Å². The van der Waals surface area contributed by atoms with Crippen molar-refractivity contribution < 1.29 is 27.5 Å². The quantitative estimate of drug-likeness (QED) is 0.638. The SMILES string of the molecule is C[C@@H]1CCCCN1S(=O)(=O)c1ccc2c(c1)CCC(=O)N2CC(=O)N1CCC2(CC1)OCCO2. The van der Waals surface area contributed by atoms with E-state index in [9.17, 15) is 18.0 Å². The molecule has 1 spiro atoms. The number of hydrogen-bond donors (Lipinski definition) is 0. The van der Waals surface area contributed by atoms with Gasteiger partial charge in [0.2, 0.25) is 21.8 Å². The minimum Gasteiger partial charge on any atom is -0.347 e. The lowest BCUT2D eigenvalue weighted by atomic mass is 10.0. The van der Waals surface area contributed by atoms with Crippen molar-refractivity contribution in [1.82, 2.24) is 9.21 Å². The van der Waals surface area contributed by atoms with Gasteiger partial charge in [-0.25, -0.2) is 8.42 Å². The highest BCUT2D eigenvalue weighted by molar-refractivity contribution is 7.89. The van der Waals surface area contributed by atoms with Gasteiger partial charge in [0.05, 0.1) is 18.1 Å². The van der Waals surface area contributed by atoms with Crippen molar-refractivity contribution in [3.05, 3.63) is 23.8 Å². The topological polar surface area (TPSA) is 96.5 Å². The Morgan fingerprint density at radius 1 is 1.09 bits per heavy atom. The Kier molecular flexibility index (Phi) is 6.43. The number of aryl methyl sites for hydroxylation is 1. The second-order valence-corrected chi connectivity index (χ2v) is 11.6. The molecule has 0 saturated carbocycles. The van der Waals surface area contributed by atoms with Gasteiger partial charge in [-0.3, -0.25) is 9.59 Å². The molecule has 0 radical (unpaired) electrons. The van der Waals surface area contributed by atoms with Crippen LogP contribution >= 0.6 is 0 Å². The van der Waals surface area contributed by atoms with Gasteiger partial charge in [0.1, 0.15) is 6.54 Å². The van der Waals surface area contributed by atoms with E-state index in [2.05, 4.69) is 0 Å². The zero-order valence-corrected chi connectivity index (χ0v) is 20.5. The van der Waals surface area contributed by atoms with Gasteiger partial charge in [0, 0.05) is 50.6 Å². The molecular weight excluding hydrogens is 458 g/mol. The average molecular weight is 492 g/mol. The molecule has 4 aliphatic heterocycles. The largest absolute Gasteiger partial charge is 0.347 e. The van der Waals surface area contributed by atoms with Crippen molar-refractivity contribution in [2.75, 3.05) is 44.3 Å². The van der Waals surface area contributed by atoms with Gasteiger partial charge in [-0.1, -0.05) is 6.42 Å². The first kappa shape index (κ1) is 23.7. The van der Waals surface area contributed by atoms with E-state index in [-0.39, 0.29) is 35.7 Å². The molecule has 0 aliphatic carbocycles. The fourth-order valence-electron chi connectivity index (χ4n) is 5.55. The van der Waals surface area contributed by atoms with Crippen LogP contribution in [0.2, 0.25) is 0 Å². The van der Waals surface area contributed by atoms with Gasteiger partial charge in [0.15, 0.2) is 5.79 Å². The summed E-state index contributed by atoms with van der Waals surface area (Å²) in [5.41, 5.74) is 1.43. The molecule has 4 heterocycles. The third-order valence-corrected chi connectivity index (χ3v) is 9.59. The van der Waals surface area contributed by atoms with Crippen LogP contribution in [-0.4, -0.2) is 80.7 Å². The highest BCUT2D eigenvalue weighted by Gasteiger charge is 2.41. The van der Waals surface area contributed by atoms with Crippen LogP contribution in [0.4, 0.5) is 5.69 Å². The van der Waals surface area contributed by atoms with E-state index in [1.165, 1.54) is 4.90 Å². The van der Waals surface area contributed by atoms with Gasteiger partial charge in [-0.05, 0) is 49.9 Å². The first-order chi connectivity index (χ1) is 16.3. The molecule has 1 atom stereocenters. The van der Waals surface area contributed by atoms with Crippen LogP contribution in [0.1, 0.15) is 51.0 Å². The number of amides is 2. The molecule has 3 fully saturated rings. The first-order valence-electron chi connectivity index (χ1n) is 12.3. The van der Waals surface area contributed by atoms with E-state index >= 15 is 0 Å². The Morgan fingerprint density at radius 3 is 2.53 bits per heavy atom. The van der Waals surface area contributed by atoms with E-state index < -0.39 is 15.8 Å². The number of likely N-dealkylation sites (tertiary alicyclic amines) is 1. The summed E-state index contributed by atoms with van der Waals surface area (Å²) >= 11 is 0. The lowest BCUT2D eigenvalue weighted by Crippen LogP contribution is -2.51. The summed E-state index contributed by atoms with van der Waals surface area (Å²) in [6.45, 7) is 4.66. The number of ether oxygens (including phenoxy) is 2. The molecule has 3 saturated heterocycles. The number of carbonyl (C=O) groups excluding carboxylic acids is 2. The van der Waals surface area contributed by atoms with Crippen molar-refractivity contribution in [2.45, 2.75) is 68.6 Å². The number of fused-ring (bicyclic) bond motifs is 1. The highest BCUT2D eigenvalue weighted by Crippen LogP contribution is 2.34. The van der Waals surface area contributed by atoms with E-state index in [0.717, 1.165) is 24.8 Å². The minimum atomic E-state index is -3.60. The van der Waals surface area contributed by atoms with Gasteiger partial charge in [-0.15, -0.1) is 0 Å². The summed E-state index contributed by atoms with van der Waals surface area (Å²) in [4.78, 5) is 29.3. The number of rotatable bonds is 4. The number of piperidine rings is 2. The van der Waals surface area contributed by atoms with Crippen LogP contribution in [0.15, 0.2) is 23.1 Å². The number of hydrogen-bond acceptors (Lipinski definition) is 6. The molecule has 4 aliphatic rings. The number of sulfonamides is 1. The van der Waals surface area contributed by atoms with Gasteiger partial charge < -0.3 is 19.3 Å². The predicted molar refractivity (Wildman–Crippen MR) is 125 cm³/mol. The van der Waals surface area contributed by atoms with Gasteiger partial charge in [0.25, 0.3) is 0 Å². The third kappa shape index (κ3) is 4.36. The lowest BCUT2D eigenvalue weighted by molar-refractivity contribution is -0.187. The molecule has 186 valence electrons. The molecule has 9 nitrogen and oxygen atoms in total. The lowest BCUT2D eigenvalue weighted by Gasteiger charge is -2.38. The van der Waals surface area contributed by atoms with Crippen LogP contribution in [0.25, 0.3) is 0 Å². The molecule has 0 unspecified atom stereocenters. The van der Waals surface area contributed by atoms with Crippen molar-refractivity contribution in [1.29, 1.82) is 0 Å². The second-order valence-electron chi connectivity index (χ2n) is 9.72. The number of nitrogens with zero attached hydrogens (tertiary/aromatic N) is 3. The summed E-state index contributed by atoms with van der Waals surface area (Å²) in [5, 5.41) is 0. The van der Waals surface area contributed by atoms with Crippen molar-refractivity contribution >= 4 is 27.5 Å². The predicted octanol–water partition coefficient (Wildman–Crippen LogP) is 1.89. The number of carbonyl (C=O) groups is 2. The molecule has 0 bridgehead atoms. The van der Waals surface area contributed by atoms with Gasteiger partial charge >= 0.3 is 0 Å². The maximum Gasteiger partial charge on any atom is 0.243 e. The van der Waals surface area contributed by atoms with Crippen LogP contribution < -0.4 is 4.90 Å². The molecule has 0 aromatic heterocycles. The van der Waals surface area contributed by atoms with E-state index in [0.29, 0.717) is 57.8 Å². The summed E-state index contributed by atoms with van der Waals surface area (Å²) < 4.78 is 39.6. The molecule has 10 heteroatoms. The van der Waals surface area contributed by atoms with Crippen molar-refractivity contribution in [3.63, 3.8) is 0 Å². The molecule has 34 heavy (non-hydrogen) atoms. The fraction of sp³-hybridized carbons (Fsp3) is 0.667. The summed E-state index contributed by atoms with van der Waals surface area (Å²) in [7, 11) is -3.60.